The van der Waals surface area contributed by atoms with E-state index in [1.807, 2.05) is 0 Å². The molecular formula is C13H17ClN2O3. The minimum Gasteiger partial charge on any atom is -0.482 e. The normalized spacial score (nSPS) is 22.2. The lowest BCUT2D eigenvalue weighted by Gasteiger charge is -2.14. The minimum atomic E-state index is -0.398. The predicted molar refractivity (Wildman–Crippen MR) is 72.3 cm³/mol. The SMILES string of the molecule is O=C(COc1ccccc1Cl)NCC1CNCC1O. The van der Waals surface area contributed by atoms with E-state index in [0.717, 1.165) is 0 Å². The first-order chi connectivity index (χ1) is 9.16. The molecule has 1 heterocycles. The van der Waals surface area contributed by atoms with Gasteiger partial charge in [-0.3, -0.25) is 4.79 Å². The van der Waals surface area contributed by atoms with Gasteiger partial charge in [0, 0.05) is 25.6 Å². The molecule has 2 unspecified atom stereocenters. The lowest BCUT2D eigenvalue weighted by molar-refractivity contribution is -0.123. The van der Waals surface area contributed by atoms with E-state index in [0.29, 0.717) is 30.4 Å². The molecule has 2 rings (SSSR count). The number of nitrogens with one attached hydrogen (secondary N) is 2. The Hall–Kier alpha value is -1.30. The van der Waals surface area contributed by atoms with Crippen LogP contribution in [-0.4, -0.2) is 43.4 Å². The highest BCUT2D eigenvalue weighted by molar-refractivity contribution is 6.32. The van der Waals surface area contributed by atoms with Crippen molar-refractivity contribution < 1.29 is 14.6 Å². The molecule has 1 saturated heterocycles. The second-order valence-electron chi connectivity index (χ2n) is 4.51. The second-order valence-corrected chi connectivity index (χ2v) is 4.92. The van der Waals surface area contributed by atoms with Gasteiger partial charge >= 0.3 is 0 Å². The van der Waals surface area contributed by atoms with Crippen molar-refractivity contribution in [2.45, 2.75) is 6.10 Å². The van der Waals surface area contributed by atoms with E-state index in [1.54, 1.807) is 24.3 Å². The van der Waals surface area contributed by atoms with Gasteiger partial charge in [-0.1, -0.05) is 23.7 Å². The molecule has 0 saturated carbocycles. The molecule has 6 heteroatoms. The van der Waals surface area contributed by atoms with Crippen LogP contribution in [-0.2, 0) is 4.79 Å². The third kappa shape index (κ3) is 4.09. The predicted octanol–water partition coefficient (Wildman–Crippen LogP) is 0.415. The Morgan fingerprint density at radius 1 is 1.47 bits per heavy atom. The zero-order valence-corrected chi connectivity index (χ0v) is 11.2. The molecule has 104 valence electrons. The van der Waals surface area contributed by atoms with Crippen molar-refractivity contribution in [2.75, 3.05) is 26.2 Å². The molecule has 3 N–H and O–H groups in total. The number of rotatable bonds is 5. The minimum absolute atomic E-state index is 0.0595. The van der Waals surface area contributed by atoms with Crippen LogP contribution in [0.25, 0.3) is 0 Å². The van der Waals surface area contributed by atoms with Gasteiger partial charge in [0.2, 0.25) is 0 Å². The number of amides is 1. The number of aliphatic hydroxyl groups is 1. The number of para-hydroxylation sites is 1. The molecule has 1 aliphatic rings. The summed E-state index contributed by atoms with van der Waals surface area (Å²) >= 11 is 5.91. The highest BCUT2D eigenvalue weighted by atomic mass is 35.5. The maximum Gasteiger partial charge on any atom is 0.257 e. The van der Waals surface area contributed by atoms with Gasteiger partial charge in [0.05, 0.1) is 11.1 Å². The van der Waals surface area contributed by atoms with Gasteiger partial charge < -0.3 is 20.5 Å². The van der Waals surface area contributed by atoms with Crippen LogP contribution in [0.4, 0.5) is 0 Å². The molecule has 0 aromatic heterocycles. The lowest BCUT2D eigenvalue weighted by atomic mass is 10.1. The maximum atomic E-state index is 11.6. The third-order valence-corrected chi connectivity index (χ3v) is 3.37. The molecule has 1 aromatic carbocycles. The van der Waals surface area contributed by atoms with Crippen molar-refractivity contribution in [1.82, 2.24) is 10.6 Å². The monoisotopic (exact) mass is 284 g/mol. The third-order valence-electron chi connectivity index (χ3n) is 3.06. The van der Waals surface area contributed by atoms with Gasteiger partial charge in [0.15, 0.2) is 6.61 Å². The molecule has 1 aromatic rings. The number of halogens is 1. The standard InChI is InChI=1S/C13H17ClN2O3/c14-10-3-1-2-4-12(10)19-8-13(18)16-6-9-5-15-7-11(9)17/h1-4,9,11,15,17H,5-8H2,(H,16,18). The van der Waals surface area contributed by atoms with Crippen molar-refractivity contribution >= 4 is 17.5 Å². The fraction of sp³-hybridized carbons (Fsp3) is 0.462. The summed E-state index contributed by atoms with van der Waals surface area (Å²) in [6, 6.07) is 7.00. The number of benzene rings is 1. The van der Waals surface area contributed by atoms with Crippen LogP contribution in [0.5, 0.6) is 5.75 Å². The largest absolute Gasteiger partial charge is 0.482 e. The van der Waals surface area contributed by atoms with Crippen LogP contribution in [0.1, 0.15) is 0 Å². The average molecular weight is 285 g/mol. The molecule has 0 radical (unpaired) electrons. The topological polar surface area (TPSA) is 70.6 Å². The van der Waals surface area contributed by atoms with E-state index in [1.165, 1.54) is 0 Å². The molecule has 2 atom stereocenters. The number of β-amino-alcohol motifs (C(OH)–C–C–N with tert-alkyl or cyclic N) is 1. The number of ether oxygens (including phenoxy) is 1. The molecule has 5 nitrogen and oxygen atoms in total. The summed E-state index contributed by atoms with van der Waals surface area (Å²) in [4.78, 5) is 11.6. The summed E-state index contributed by atoms with van der Waals surface area (Å²) in [6.07, 6.45) is -0.398. The van der Waals surface area contributed by atoms with Crippen molar-refractivity contribution in [3.05, 3.63) is 29.3 Å². The van der Waals surface area contributed by atoms with E-state index in [2.05, 4.69) is 10.6 Å². The Kier molecular flexibility index (Phi) is 5.01. The summed E-state index contributed by atoms with van der Waals surface area (Å²) in [5.41, 5.74) is 0. The summed E-state index contributed by atoms with van der Waals surface area (Å²) in [7, 11) is 0. The Labute approximate surface area is 116 Å². The summed E-state index contributed by atoms with van der Waals surface area (Å²) in [5.74, 6) is 0.324. The van der Waals surface area contributed by atoms with Crippen molar-refractivity contribution in [2.24, 2.45) is 5.92 Å². The first-order valence-corrected chi connectivity index (χ1v) is 6.57. The van der Waals surface area contributed by atoms with Gasteiger partial charge in [-0.2, -0.15) is 0 Å². The molecule has 0 spiro atoms. The number of carbonyl (C=O) groups is 1. The van der Waals surface area contributed by atoms with Gasteiger partial charge in [0.25, 0.3) is 5.91 Å². The van der Waals surface area contributed by atoms with E-state index in [-0.39, 0.29) is 18.4 Å². The van der Waals surface area contributed by atoms with Crippen LogP contribution in [0.2, 0.25) is 5.02 Å². The van der Waals surface area contributed by atoms with Crippen molar-refractivity contribution in [3.8, 4) is 5.75 Å². The zero-order chi connectivity index (χ0) is 13.7. The second kappa shape index (κ2) is 6.75. The number of hydrogen-bond acceptors (Lipinski definition) is 4. The van der Waals surface area contributed by atoms with Crippen LogP contribution < -0.4 is 15.4 Å². The van der Waals surface area contributed by atoms with E-state index in [9.17, 15) is 9.90 Å². The average Bonchev–Trinajstić information content (AvgIpc) is 2.81. The fourth-order valence-electron chi connectivity index (χ4n) is 1.93. The van der Waals surface area contributed by atoms with Crippen LogP contribution in [0, 0.1) is 5.92 Å². The maximum absolute atomic E-state index is 11.6. The Bertz CT molecular complexity index is 442. The van der Waals surface area contributed by atoms with Crippen molar-refractivity contribution in [1.29, 1.82) is 0 Å². The zero-order valence-electron chi connectivity index (χ0n) is 10.4. The van der Waals surface area contributed by atoms with Crippen LogP contribution in [0.15, 0.2) is 24.3 Å². The molecule has 1 amide bonds. The number of aliphatic hydroxyl groups excluding tert-OH is 1. The molecule has 0 bridgehead atoms. The van der Waals surface area contributed by atoms with Crippen molar-refractivity contribution in [3.63, 3.8) is 0 Å². The van der Waals surface area contributed by atoms with E-state index in [4.69, 9.17) is 16.3 Å². The molecular weight excluding hydrogens is 268 g/mol. The van der Waals surface area contributed by atoms with Crippen LogP contribution >= 0.6 is 11.6 Å². The molecule has 0 aliphatic carbocycles. The Morgan fingerprint density at radius 2 is 2.26 bits per heavy atom. The Morgan fingerprint density at radius 3 is 2.95 bits per heavy atom. The highest BCUT2D eigenvalue weighted by Gasteiger charge is 2.24. The molecule has 1 fully saturated rings. The lowest BCUT2D eigenvalue weighted by Crippen LogP contribution is -2.36. The summed E-state index contributed by atoms with van der Waals surface area (Å²) in [6.45, 7) is 1.66. The molecule has 1 aliphatic heterocycles. The first-order valence-electron chi connectivity index (χ1n) is 6.19. The Balaban J connectivity index is 1.71. The quantitative estimate of drug-likeness (QED) is 0.733. The number of carbonyl (C=O) groups excluding carboxylic acids is 1. The van der Waals surface area contributed by atoms with Gasteiger partial charge in [-0.05, 0) is 12.1 Å². The smallest absolute Gasteiger partial charge is 0.257 e. The van der Waals surface area contributed by atoms with Gasteiger partial charge in [-0.25, -0.2) is 0 Å². The number of hydrogen-bond donors (Lipinski definition) is 3. The summed E-state index contributed by atoms with van der Waals surface area (Å²) < 4.78 is 5.32. The van der Waals surface area contributed by atoms with Gasteiger partial charge in [-0.15, -0.1) is 0 Å². The molecule has 19 heavy (non-hydrogen) atoms. The van der Waals surface area contributed by atoms with Crippen LogP contribution in [0.3, 0.4) is 0 Å². The highest BCUT2D eigenvalue weighted by Crippen LogP contribution is 2.22. The van der Waals surface area contributed by atoms with E-state index >= 15 is 0 Å². The van der Waals surface area contributed by atoms with E-state index < -0.39 is 6.10 Å². The fourth-order valence-corrected chi connectivity index (χ4v) is 2.12. The summed E-state index contributed by atoms with van der Waals surface area (Å²) in [5, 5.41) is 15.9. The van der Waals surface area contributed by atoms with Gasteiger partial charge in [0.1, 0.15) is 5.75 Å². The first kappa shape index (κ1) is 14.1.